The molecule has 7 heteroatoms. The number of ether oxygens (including phenoxy) is 1. The van der Waals surface area contributed by atoms with Gasteiger partial charge in [0.25, 0.3) is 0 Å². The van der Waals surface area contributed by atoms with Crippen LogP contribution in [0.25, 0.3) is 0 Å². The van der Waals surface area contributed by atoms with Crippen LogP contribution in [0, 0.1) is 0 Å². The molecule has 2 N–H and O–H groups in total. The molecule has 0 aliphatic heterocycles. The molecule has 0 spiro atoms. The normalized spacial score (nSPS) is 5.78. The van der Waals surface area contributed by atoms with Crippen molar-refractivity contribution in [1.29, 1.82) is 0 Å². The Morgan fingerprint density at radius 3 is 1.33 bits per heavy atom. The summed E-state index contributed by atoms with van der Waals surface area (Å²) in [4.78, 5) is 18.4. The van der Waals surface area contributed by atoms with Crippen LogP contribution in [-0.2, 0) is 4.74 Å². The van der Waals surface area contributed by atoms with Gasteiger partial charge in [0.1, 0.15) is 0 Å². The molecule has 0 aromatic heterocycles. The standard InChI is InChI=1S/C2H2O5.2Li.2H/c3-1(4)7-2(5)6;;;;/h(H,3,4)(H,5,6);;;;/q;2*+1;2*-1. The zero-order valence-electron chi connectivity index (χ0n) is 7.12. The average molecular weight is 122 g/mol. The summed E-state index contributed by atoms with van der Waals surface area (Å²) in [6, 6.07) is 0. The fourth-order valence-corrected chi connectivity index (χ4v) is 0.0747. The minimum absolute atomic E-state index is 0. The number of hydrogen-bond acceptors (Lipinski definition) is 3. The first-order chi connectivity index (χ1) is 3.13. The summed E-state index contributed by atoms with van der Waals surface area (Å²) in [6.45, 7) is 0. The van der Waals surface area contributed by atoms with Gasteiger partial charge in [0.05, 0.1) is 0 Å². The molecule has 0 rings (SSSR count). The van der Waals surface area contributed by atoms with Crippen molar-refractivity contribution >= 4 is 12.3 Å². The molecule has 44 valence electrons. The van der Waals surface area contributed by atoms with E-state index in [0.717, 1.165) is 0 Å². The molecule has 0 heterocycles. The van der Waals surface area contributed by atoms with E-state index in [4.69, 9.17) is 10.2 Å². The van der Waals surface area contributed by atoms with Crippen LogP contribution in [0.15, 0.2) is 0 Å². The van der Waals surface area contributed by atoms with Gasteiger partial charge in [0.15, 0.2) is 0 Å². The Morgan fingerprint density at radius 1 is 1.11 bits per heavy atom. The largest absolute Gasteiger partial charge is 1.00 e. The SMILES string of the molecule is O=C(O)OC(=O)O.[H-].[H-].[Li+].[Li+]. The van der Waals surface area contributed by atoms with E-state index in [1.807, 2.05) is 0 Å². The molecule has 9 heavy (non-hydrogen) atoms. The maximum atomic E-state index is 9.21. The number of carboxylic acid groups (broad SMARTS) is 2. The van der Waals surface area contributed by atoms with Crippen LogP contribution >= 0.6 is 0 Å². The first-order valence-corrected chi connectivity index (χ1v) is 1.26. The summed E-state index contributed by atoms with van der Waals surface area (Å²) in [6.07, 6.45) is -3.62. The summed E-state index contributed by atoms with van der Waals surface area (Å²) in [5.74, 6) is 0. The van der Waals surface area contributed by atoms with Crippen LogP contribution < -0.4 is 37.7 Å². The molecular formula is C2H4Li2O5. The second-order valence-corrected chi connectivity index (χ2v) is 0.634. The first kappa shape index (κ1) is 16.0. The van der Waals surface area contributed by atoms with Crippen LogP contribution in [0.5, 0.6) is 0 Å². The van der Waals surface area contributed by atoms with Crippen molar-refractivity contribution in [3.63, 3.8) is 0 Å². The van der Waals surface area contributed by atoms with Gasteiger partial charge in [-0.1, -0.05) is 0 Å². The zero-order chi connectivity index (χ0) is 5.86. The van der Waals surface area contributed by atoms with Gasteiger partial charge >= 0.3 is 50.0 Å². The van der Waals surface area contributed by atoms with Crippen LogP contribution in [0.1, 0.15) is 2.85 Å². The molecule has 0 amide bonds. The Kier molecular flexibility index (Phi) is 14.1. The van der Waals surface area contributed by atoms with E-state index in [-0.39, 0.29) is 40.6 Å². The Morgan fingerprint density at radius 2 is 1.33 bits per heavy atom. The Labute approximate surface area is 77.7 Å². The van der Waals surface area contributed by atoms with Crippen molar-refractivity contribution in [2.24, 2.45) is 0 Å². The minimum Gasteiger partial charge on any atom is -1.00 e. The molecule has 0 saturated heterocycles. The molecule has 0 atom stereocenters. The van der Waals surface area contributed by atoms with Gasteiger partial charge in [-0.3, -0.25) is 0 Å². The van der Waals surface area contributed by atoms with Crippen molar-refractivity contribution in [2.75, 3.05) is 0 Å². The van der Waals surface area contributed by atoms with Gasteiger partial charge in [0, 0.05) is 0 Å². The van der Waals surface area contributed by atoms with Crippen LogP contribution in [0.2, 0.25) is 0 Å². The molecular weight excluding hydrogens is 118 g/mol. The van der Waals surface area contributed by atoms with E-state index >= 15 is 0 Å². The minimum atomic E-state index is -1.81. The fraction of sp³-hybridized carbons (Fsp3) is 0. The monoisotopic (exact) mass is 122 g/mol. The van der Waals surface area contributed by atoms with Crippen molar-refractivity contribution < 1.29 is 65.1 Å². The van der Waals surface area contributed by atoms with E-state index in [9.17, 15) is 9.59 Å². The molecule has 0 aromatic rings. The van der Waals surface area contributed by atoms with Crippen LogP contribution in [0.3, 0.4) is 0 Å². The van der Waals surface area contributed by atoms with Crippen molar-refractivity contribution in [2.45, 2.75) is 0 Å². The number of hydrogen-bond donors (Lipinski definition) is 2. The molecule has 0 saturated carbocycles. The maximum Gasteiger partial charge on any atom is 1.00 e. The molecule has 0 aliphatic rings. The van der Waals surface area contributed by atoms with E-state index < -0.39 is 12.3 Å². The third-order valence-corrected chi connectivity index (χ3v) is 0.175. The predicted octanol–water partition coefficient (Wildman–Crippen LogP) is -5.41. The summed E-state index contributed by atoms with van der Waals surface area (Å²) in [7, 11) is 0. The Balaban J connectivity index is -0.0000000300. The summed E-state index contributed by atoms with van der Waals surface area (Å²) >= 11 is 0. The van der Waals surface area contributed by atoms with E-state index in [1.165, 1.54) is 0 Å². The van der Waals surface area contributed by atoms with Gasteiger partial charge < -0.3 is 17.8 Å². The van der Waals surface area contributed by atoms with Gasteiger partial charge in [-0.05, 0) is 0 Å². The van der Waals surface area contributed by atoms with E-state index in [1.54, 1.807) is 0 Å². The van der Waals surface area contributed by atoms with Gasteiger partial charge in [0.2, 0.25) is 0 Å². The average Bonchev–Trinajstić information content (AvgIpc) is 1.27. The predicted molar refractivity (Wildman–Crippen MR) is 19.4 cm³/mol. The van der Waals surface area contributed by atoms with Crippen molar-refractivity contribution in [3.8, 4) is 0 Å². The van der Waals surface area contributed by atoms with Gasteiger partial charge in [-0.25, -0.2) is 9.59 Å². The fourth-order valence-electron chi connectivity index (χ4n) is 0.0747. The smallest absolute Gasteiger partial charge is 1.00 e. The third-order valence-electron chi connectivity index (χ3n) is 0.175. The molecule has 0 fully saturated rings. The Hall–Kier alpha value is -0.0652. The molecule has 0 radical (unpaired) electrons. The van der Waals surface area contributed by atoms with Crippen LogP contribution in [-0.4, -0.2) is 22.5 Å². The molecule has 0 aromatic carbocycles. The number of carbonyl (C=O) groups is 2. The first-order valence-electron chi connectivity index (χ1n) is 1.26. The van der Waals surface area contributed by atoms with Crippen molar-refractivity contribution in [1.82, 2.24) is 0 Å². The van der Waals surface area contributed by atoms with Gasteiger partial charge in [-0.2, -0.15) is 0 Å². The van der Waals surface area contributed by atoms with E-state index in [2.05, 4.69) is 4.74 Å². The van der Waals surface area contributed by atoms with Crippen molar-refractivity contribution in [3.05, 3.63) is 0 Å². The quantitative estimate of drug-likeness (QED) is 0.190. The summed E-state index contributed by atoms with van der Waals surface area (Å²) < 4.78 is 3.08. The molecule has 0 unspecified atom stereocenters. The Bertz CT molecular complexity index is 96.7. The summed E-state index contributed by atoms with van der Waals surface area (Å²) in [5.41, 5.74) is 0. The van der Waals surface area contributed by atoms with Crippen LogP contribution in [0.4, 0.5) is 9.59 Å². The second kappa shape index (κ2) is 7.93. The maximum absolute atomic E-state index is 9.21. The number of rotatable bonds is 0. The zero-order valence-corrected chi connectivity index (χ0v) is 5.12. The second-order valence-electron chi connectivity index (χ2n) is 0.634. The molecule has 5 nitrogen and oxygen atoms in total. The summed E-state index contributed by atoms with van der Waals surface area (Å²) in [5, 5.41) is 15.0. The van der Waals surface area contributed by atoms with Gasteiger partial charge in [-0.15, -0.1) is 0 Å². The molecule has 0 aliphatic carbocycles. The van der Waals surface area contributed by atoms with E-state index in [0.29, 0.717) is 0 Å². The topological polar surface area (TPSA) is 83.8 Å². The molecule has 0 bridgehead atoms. The third kappa shape index (κ3) is 18.1.